The molecule has 0 radical (unpaired) electrons. The van der Waals surface area contributed by atoms with Crippen LogP contribution < -0.4 is 9.64 Å². The smallest absolute Gasteiger partial charge is 0.254 e. The number of ether oxygens (including phenoxy) is 1. The van der Waals surface area contributed by atoms with Crippen LogP contribution in [-0.2, 0) is 4.79 Å². The van der Waals surface area contributed by atoms with E-state index in [9.17, 15) is 14.0 Å². The van der Waals surface area contributed by atoms with Crippen LogP contribution in [0.2, 0.25) is 0 Å². The number of nitrogens with zero attached hydrogens (tertiary/aromatic N) is 2. The lowest BCUT2D eigenvalue weighted by Gasteiger charge is -2.39. The molecular weight excluding hydrogens is 323 g/mol. The molecule has 2 aromatic rings. The minimum absolute atomic E-state index is 0.166. The Kier molecular flexibility index (Phi) is 4.70. The molecule has 6 heteroatoms. The van der Waals surface area contributed by atoms with Gasteiger partial charge in [-0.25, -0.2) is 4.39 Å². The number of benzene rings is 2. The largest absolute Gasteiger partial charge is 0.497 e. The minimum Gasteiger partial charge on any atom is -0.497 e. The molecule has 0 spiro atoms. The molecule has 1 unspecified atom stereocenters. The molecule has 1 aliphatic heterocycles. The van der Waals surface area contributed by atoms with Gasteiger partial charge in [0, 0.05) is 24.3 Å². The quantitative estimate of drug-likeness (QED) is 0.862. The van der Waals surface area contributed by atoms with E-state index in [0.717, 1.165) is 5.69 Å². The Bertz CT molecular complexity index is 792. The van der Waals surface area contributed by atoms with Crippen LogP contribution in [0.25, 0.3) is 0 Å². The molecular formula is C19H19FN2O3. The van der Waals surface area contributed by atoms with Gasteiger partial charge in [-0.15, -0.1) is 0 Å². The second-order valence-electron chi connectivity index (χ2n) is 5.87. The van der Waals surface area contributed by atoms with Crippen molar-refractivity contribution >= 4 is 17.5 Å². The highest BCUT2D eigenvalue weighted by Gasteiger charge is 2.35. The fraction of sp³-hybridized carbons (Fsp3) is 0.263. The SMILES string of the molecule is COc1ccc(N2CCN(C(=O)c3cccc(F)c3)C(C)C2=O)cc1. The van der Waals surface area contributed by atoms with Crippen molar-refractivity contribution in [1.29, 1.82) is 0 Å². The number of anilines is 1. The summed E-state index contributed by atoms with van der Waals surface area (Å²) in [5.41, 5.74) is 1.01. The number of carbonyl (C=O) groups excluding carboxylic acids is 2. The van der Waals surface area contributed by atoms with Gasteiger partial charge in [0.2, 0.25) is 5.91 Å². The summed E-state index contributed by atoms with van der Waals surface area (Å²) in [6, 6.07) is 12.1. The van der Waals surface area contributed by atoms with Crippen molar-refractivity contribution in [3.63, 3.8) is 0 Å². The molecule has 1 atom stereocenters. The van der Waals surface area contributed by atoms with E-state index in [2.05, 4.69) is 0 Å². The third kappa shape index (κ3) is 3.33. The van der Waals surface area contributed by atoms with Crippen molar-refractivity contribution in [3.05, 3.63) is 59.9 Å². The first-order chi connectivity index (χ1) is 12.0. The van der Waals surface area contributed by atoms with Crippen molar-refractivity contribution < 1.29 is 18.7 Å². The molecule has 2 aromatic carbocycles. The van der Waals surface area contributed by atoms with E-state index in [-0.39, 0.29) is 17.4 Å². The van der Waals surface area contributed by atoms with Gasteiger partial charge in [-0.1, -0.05) is 6.07 Å². The van der Waals surface area contributed by atoms with E-state index in [1.807, 2.05) is 12.1 Å². The van der Waals surface area contributed by atoms with E-state index >= 15 is 0 Å². The normalized spacial score (nSPS) is 17.6. The molecule has 1 aliphatic rings. The lowest BCUT2D eigenvalue weighted by atomic mass is 10.1. The monoisotopic (exact) mass is 342 g/mol. The zero-order chi connectivity index (χ0) is 18.0. The first-order valence-electron chi connectivity index (χ1n) is 8.03. The molecule has 0 aromatic heterocycles. The lowest BCUT2D eigenvalue weighted by molar-refractivity contribution is -0.124. The first kappa shape index (κ1) is 17.0. The van der Waals surface area contributed by atoms with Crippen LogP contribution in [0.3, 0.4) is 0 Å². The third-order valence-corrected chi connectivity index (χ3v) is 4.37. The number of halogens is 1. The van der Waals surface area contributed by atoms with Crippen molar-refractivity contribution in [1.82, 2.24) is 4.90 Å². The molecule has 1 saturated heterocycles. The average molecular weight is 342 g/mol. The van der Waals surface area contributed by atoms with Crippen LogP contribution in [0.5, 0.6) is 5.75 Å². The highest BCUT2D eigenvalue weighted by molar-refractivity contribution is 6.03. The maximum atomic E-state index is 13.4. The predicted octanol–water partition coefficient (Wildman–Crippen LogP) is 2.71. The number of rotatable bonds is 3. The Morgan fingerprint density at radius 2 is 1.88 bits per heavy atom. The second kappa shape index (κ2) is 6.93. The fourth-order valence-corrected chi connectivity index (χ4v) is 2.95. The third-order valence-electron chi connectivity index (χ3n) is 4.37. The Labute approximate surface area is 145 Å². The van der Waals surface area contributed by atoms with Crippen LogP contribution >= 0.6 is 0 Å². The number of hydrogen-bond donors (Lipinski definition) is 0. The van der Waals surface area contributed by atoms with Gasteiger partial charge in [-0.2, -0.15) is 0 Å². The zero-order valence-electron chi connectivity index (χ0n) is 14.1. The molecule has 0 aliphatic carbocycles. The van der Waals surface area contributed by atoms with Crippen molar-refractivity contribution in [3.8, 4) is 5.75 Å². The maximum Gasteiger partial charge on any atom is 0.254 e. The Balaban J connectivity index is 1.77. The van der Waals surface area contributed by atoms with Crippen LogP contribution in [0, 0.1) is 5.82 Å². The van der Waals surface area contributed by atoms with Gasteiger partial charge in [0.25, 0.3) is 5.91 Å². The predicted molar refractivity (Wildman–Crippen MR) is 92.2 cm³/mol. The Morgan fingerprint density at radius 1 is 1.16 bits per heavy atom. The molecule has 2 amide bonds. The second-order valence-corrected chi connectivity index (χ2v) is 5.87. The molecule has 3 rings (SSSR count). The summed E-state index contributed by atoms with van der Waals surface area (Å²) in [6.07, 6.45) is 0. The Hall–Kier alpha value is -2.89. The number of methoxy groups -OCH3 is 1. The van der Waals surface area contributed by atoms with Crippen molar-refractivity contribution in [2.45, 2.75) is 13.0 Å². The summed E-state index contributed by atoms with van der Waals surface area (Å²) in [5.74, 6) is -0.262. The molecule has 1 heterocycles. The number of hydrogen-bond acceptors (Lipinski definition) is 3. The molecule has 5 nitrogen and oxygen atoms in total. The fourth-order valence-electron chi connectivity index (χ4n) is 2.95. The maximum absolute atomic E-state index is 13.4. The van der Waals surface area contributed by atoms with Gasteiger partial charge in [-0.05, 0) is 49.4 Å². The van der Waals surface area contributed by atoms with Gasteiger partial charge >= 0.3 is 0 Å². The summed E-state index contributed by atoms with van der Waals surface area (Å²) >= 11 is 0. The van der Waals surface area contributed by atoms with Crippen molar-refractivity contribution in [2.75, 3.05) is 25.1 Å². The molecule has 0 N–H and O–H groups in total. The van der Waals surface area contributed by atoms with E-state index < -0.39 is 11.9 Å². The van der Waals surface area contributed by atoms with E-state index in [1.54, 1.807) is 37.1 Å². The topological polar surface area (TPSA) is 49.9 Å². The number of amides is 2. The standard InChI is InChI=1S/C19H19FN2O3/c1-13-18(23)22(16-6-8-17(25-2)9-7-16)11-10-21(13)19(24)14-4-3-5-15(20)12-14/h3-9,12-13H,10-11H2,1-2H3. The van der Waals surface area contributed by atoms with Gasteiger partial charge in [0.15, 0.2) is 0 Å². The number of carbonyl (C=O) groups is 2. The van der Waals surface area contributed by atoms with Crippen LogP contribution in [0.1, 0.15) is 17.3 Å². The van der Waals surface area contributed by atoms with E-state index in [4.69, 9.17) is 4.74 Å². The zero-order valence-corrected chi connectivity index (χ0v) is 14.1. The van der Waals surface area contributed by atoms with E-state index in [1.165, 1.54) is 23.1 Å². The van der Waals surface area contributed by atoms with Crippen LogP contribution in [0.15, 0.2) is 48.5 Å². The summed E-state index contributed by atoms with van der Waals surface area (Å²) in [5, 5.41) is 0. The first-order valence-corrected chi connectivity index (χ1v) is 8.03. The Morgan fingerprint density at radius 3 is 2.52 bits per heavy atom. The van der Waals surface area contributed by atoms with Crippen molar-refractivity contribution in [2.24, 2.45) is 0 Å². The number of piperazine rings is 1. The van der Waals surface area contributed by atoms with E-state index in [0.29, 0.717) is 18.8 Å². The molecule has 0 saturated carbocycles. The highest BCUT2D eigenvalue weighted by Crippen LogP contribution is 2.24. The lowest BCUT2D eigenvalue weighted by Crippen LogP contribution is -2.57. The summed E-state index contributed by atoms with van der Waals surface area (Å²) in [6.45, 7) is 2.46. The highest BCUT2D eigenvalue weighted by atomic mass is 19.1. The summed E-state index contributed by atoms with van der Waals surface area (Å²) in [4.78, 5) is 28.5. The van der Waals surface area contributed by atoms with Gasteiger partial charge < -0.3 is 14.5 Å². The van der Waals surface area contributed by atoms with Gasteiger partial charge in [0.05, 0.1) is 7.11 Å². The van der Waals surface area contributed by atoms with Gasteiger partial charge in [0.1, 0.15) is 17.6 Å². The van der Waals surface area contributed by atoms with Crippen LogP contribution in [-0.4, -0.2) is 43.0 Å². The molecule has 1 fully saturated rings. The minimum atomic E-state index is -0.619. The average Bonchev–Trinajstić information content (AvgIpc) is 2.63. The molecule has 0 bridgehead atoms. The van der Waals surface area contributed by atoms with Gasteiger partial charge in [-0.3, -0.25) is 9.59 Å². The molecule has 25 heavy (non-hydrogen) atoms. The summed E-state index contributed by atoms with van der Waals surface area (Å²) < 4.78 is 18.5. The van der Waals surface area contributed by atoms with Crippen LogP contribution in [0.4, 0.5) is 10.1 Å². The summed E-state index contributed by atoms with van der Waals surface area (Å²) in [7, 11) is 1.58. The molecule has 130 valence electrons.